The molecule has 8 nitrogen and oxygen atoms in total. The van der Waals surface area contributed by atoms with Gasteiger partial charge in [0.15, 0.2) is 0 Å². The maximum atomic E-state index is 14.1. The highest BCUT2D eigenvalue weighted by molar-refractivity contribution is 7.85. The number of carbonyl (C=O) groups is 2. The summed E-state index contributed by atoms with van der Waals surface area (Å²) in [5.41, 5.74) is -2.63. The molecule has 0 aromatic rings. The lowest BCUT2D eigenvalue weighted by Crippen LogP contribution is -2.69. The van der Waals surface area contributed by atoms with E-state index in [1.165, 1.54) is 0 Å². The Morgan fingerprint density at radius 2 is 1.77 bits per heavy atom. The molecule has 0 bridgehead atoms. The van der Waals surface area contributed by atoms with Gasteiger partial charge in [-0.2, -0.15) is 8.42 Å². The van der Waals surface area contributed by atoms with E-state index in [4.69, 9.17) is 4.74 Å². The molecule has 0 aromatic heterocycles. The molecule has 0 aromatic carbocycles. The number of morpholine rings is 1. The summed E-state index contributed by atoms with van der Waals surface area (Å²) in [7, 11) is -4.43. The standard InChI is InChI=1S/C30H49NO7S/c1-6-29(7-2)17-31(12-13-38-29)25-16-27(4)20(14-30(25,34)18-39(35,36)37)8-9-21-23-11-10-22(19(3)32)28(23,5)15-24(33)26(21)27/h20-23,25-26,34H,6-18H2,1-5H3,(H,35,36,37)/t20-,21-,22+,23-,25-,26+,27-,28+,30+/m0/s1. The number of Topliss-reactive ketones (excluding diaryl/α,β-unsaturated/α-hetero) is 2. The number of nitrogens with zero attached hydrogens (tertiary/aromatic N) is 1. The van der Waals surface area contributed by atoms with Gasteiger partial charge < -0.3 is 9.84 Å². The average Bonchev–Trinajstić information content (AvgIpc) is 3.19. The molecule has 4 aliphatic carbocycles. The van der Waals surface area contributed by atoms with Crippen LogP contribution >= 0.6 is 0 Å². The Morgan fingerprint density at radius 1 is 1.08 bits per heavy atom. The van der Waals surface area contributed by atoms with Crippen molar-refractivity contribution in [1.82, 2.24) is 4.90 Å². The predicted molar refractivity (Wildman–Crippen MR) is 148 cm³/mol. The molecule has 5 fully saturated rings. The van der Waals surface area contributed by atoms with E-state index in [1.54, 1.807) is 6.92 Å². The smallest absolute Gasteiger partial charge is 0.267 e. The summed E-state index contributed by atoms with van der Waals surface area (Å²) < 4.78 is 40.5. The Bertz CT molecular complexity index is 1100. The van der Waals surface area contributed by atoms with E-state index >= 15 is 0 Å². The fraction of sp³-hybridized carbons (Fsp3) is 0.933. The zero-order valence-electron chi connectivity index (χ0n) is 24.4. The second kappa shape index (κ2) is 9.85. The molecule has 0 radical (unpaired) electrons. The minimum Gasteiger partial charge on any atom is -0.387 e. The first-order chi connectivity index (χ1) is 18.1. The summed E-state index contributed by atoms with van der Waals surface area (Å²) in [6.07, 6.45) is 6.33. The summed E-state index contributed by atoms with van der Waals surface area (Å²) in [6.45, 7) is 11.9. The van der Waals surface area contributed by atoms with Crippen LogP contribution < -0.4 is 0 Å². The first-order valence-electron chi connectivity index (χ1n) is 15.2. The zero-order valence-corrected chi connectivity index (χ0v) is 25.3. The molecule has 39 heavy (non-hydrogen) atoms. The van der Waals surface area contributed by atoms with Crippen molar-refractivity contribution in [1.29, 1.82) is 0 Å². The lowest BCUT2D eigenvalue weighted by molar-refractivity contribution is -0.199. The van der Waals surface area contributed by atoms with Crippen LogP contribution in [0.1, 0.15) is 92.4 Å². The van der Waals surface area contributed by atoms with E-state index in [-0.39, 0.29) is 58.1 Å². The Kier molecular flexibility index (Phi) is 7.48. The SMILES string of the molecule is CCC1(CC)CN([C@H]2C[C@@]3(C)[C@@H](CC[C@H]4[C@@H]5CC[C@H](C(C)=O)[C@@]5(C)CC(=O)[C@@H]43)C[C@@]2(O)CS(=O)(=O)O)CCO1. The van der Waals surface area contributed by atoms with E-state index in [0.29, 0.717) is 38.5 Å². The highest BCUT2D eigenvalue weighted by Crippen LogP contribution is 2.67. The third-order valence-corrected chi connectivity index (χ3v) is 13.4. The van der Waals surface area contributed by atoms with Crippen molar-refractivity contribution in [3.05, 3.63) is 0 Å². The lowest BCUT2D eigenvalue weighted by Gasteiger charge is -2.64. The maximum absolute atomic E-state index is 14.1. The molecule has 5 rings (SSSR count). The zero-order chi connectivity index (χ0) is 28.6. The van der Waals surface area contributed by atoms with Gasteiger partial charge in [0, 0.05) is 37.4 Å². The fourth-order valence-corrected chi connectivity index (χ4v) is 11.5. The van der Waals surface area contributed by atoms with Gasteiger partial charge in [0.05, 0.1) is 17.8 Å². The number of aliphatic hydroxyl groups is 1. The molecule has 0 amide bonds. The minimum atomic E-state index is -4.43. The van der Waals surface area contributed by atoms with E-state index < -0.39 is 27.5 Å². The Morgan fingerprint density at radius 3 is 2.38 bits per heavy atom. The third kappa shape index (κ3) is 4.76. The number of ketones is 2. The van der Waals surface area contributed by atoms with Crippen molar-refractivity contribution >= 4 is 21.7 Å². The largest absolute Gasteiger partial charge is 0.387 e. The first-order valence-corrected chi connectivity index (χ1v) is 16.8. The van der Waals surface area contributed by atoms with Crippen molar-refractivity contribution in [3.8, 4) is 0 Å². The summed E-state index contributed by atoms with van der Waals surface area (Å²) >= 11 is 0. The van der Waals surface area contributed by atoms with E-state index in [1.807, 2.05) is 0 Å². The molecule has 2 N–H and O–H groups in total. The fourth-order valence-electron chi connectivity index (χ4n) is 10.6. The summed E-state index contributed by atoms with van der Waals surface area (Å²) in [4.78, 5) is 28.9. The number of rotatable bonds is 6. The Balaban J connectivity index is 1.52. The van der Waals surface area contributed by atoms with E-state index in [0.717, 1.165) is 38.5 Å². The normalized spacial score (nSPS) is 46.3. The quantitative estimate of drug-likeness (QED) is 0.464. The number of hydrogen-bond donors (Lipinski definition) is 2. The van der Waals surface area contributed by atoms with Gasteiger partial charge in [0.1, 0.15) is 17.3 Å². The van der Waals surface area contributed by atoms with Crippen LogP contribution in [0.5, 0.6) is 0 Å². The predicted octanol–water partition coefficient (Wildman–Crippen LogP) is 3.90. The van der Waals surface area contributed by atoms with Gasteiger partial charge in [-0.1, -0.05) is 27.7 Å². The molecular weight excluding hydrogens is 518 g/mol. The minimum absolute atomic E-state index is 0.0109. The van der Waals surface area contributed by atoms with Gasteiger partial charge in [-0.25, -0.2) is 0 Å². The van der Waals surface area contributed by atoms with Gasteiger partial charge in [-0.05, 0) is 86.9 Å². The molecule has 0 unspecified atom stereocenters. The highest BCUT2D eigenvalue weighted by Gasteiger charge is 2.67. The molecule has 4 saturated carbocycles. The molecule has 222 valence electrons. The molecule has 9 heteroatoms. The van der Waals surface area contributed by atoms with Crippen LogP contribution in [0.25, 0.3) is 0 Å². The number of ether oxygens (including phenoxy) is 1. The van der Waals surface area contributed by atoms with Crippen LogP contribution in [0.4, 0.5) is 0 Å². The van der Waals surface area contributed by atoms with Crippen LogP contribution in [-0.4, -0.2) is 77.2 Å². The van der Waals surface area contributed by atoms with Crippen LogP contribution in [0.15, 0.2) is 0 Å². The molecule has 1 aliphatic heterocycles. The molecular formula is C30H49NO7S. The second-order valence-corrected chi connectivity index (χ2v) is 15.8. The Hall–Kier alpha value is -0.870. The summed E-state index contributed by atoms with van der Waals surface area (Å²) in [6, 6.07) is -0.504. The highest BCUT2D eigenvalue weighted by atomic mass is 32.2. The topological polar surface area (TPSA) is 121 Å². The van der Waals surface area contributed by atoms with Crippen LogP contribution in [0.3, 0.4) is 0 Å². The Labute approximate surface area is 234 Å². The average molecular weight is 568 g/mol. The molecule has 5 aliphatic rings. The van der Waals surface area contributed by atoms with E-state index in [9.17, 15) is 27.7 Å². The van der Waals surface area contributed by atoms with Gasteiger partial charge in [-0.15, -0.1) is 0 Å². The summed E-state index contributed by atoms with van der Waals surface area (Å²) in [5.74, 6) is 0.0810. The summed E-state index contributed by atoms with van der Waals surface area (Å²) in [5, 5.41) is 12.1. The second-order valence-electron chi connectivity index (χ2n) is 14.4. The van der Waals surface area contributed by atoms with Gasteiger partial charge in [0.2, 0.25) is 0 Å². The van der Waals surface area contributed by atoms with Crippen molar-refractivity contribution in [2.24, 2.45) is 40.4 Å². The van der Waals surface area contributed by atoms with Crippen LogP contribution in [-0.2, 0) is 24.4 Å². The molecule has 1 saturated heterocycles. The third-order valence-electron chi connectivity index (χ3n) is 12.5. The lowest BCUT2D eigenvalue weighted by atomic mass is 9.43. The first kappa shape index (κ1) is 29.6. The molecule has 1 heterocycles. The monoisotopic (exact) mass is 567 g/mol. The van der Waals surface area contributed by atoms with Crippen molar-refractivity contribution in [3.63, 3.8) is 0 Å². The van der Waals surface area contributed by atoms with Crippen LogP contribution in [0.2, 0.25) is 0 Å². The van der Waals surface area contributed by atoms with Crippen molar-refractivity contribution < 1.29 is 32.4 Å². The number of fused-ring (bicyclic) bond motifs is 5. The number of hydrogen-bond acceptors (Lipinski definition) is 7. The van der Waals surface area contributed by atoms with Crippen LogP contribution in [0, 0.1) is 40.4 Å². The van der Waals surface area contributed by atoms with Gasteiger partial charge in [0.25, 0.3) is 10.1 Å². The van der Waals surface area contributed by atoms with Gasteiger partial charge >= 0.3 is 0 Å². The van der Waals surface area contributed by atoms with Crippen molar-refractivity contribution in [2.45, 2.75) is 110 Å². The molecule has 9 atom stereocenters. The van der Waals surface area contributed by atoms with E-state index in [2.05, 4.69) is 32.6 Å². The maximum Gasteiger partial charge on any atom is 0.267 e. The molecule has 0 spiro atoms. The van der Waals surface area contributed by atoms with Gasteiger partial charge in [-0.3, -0.25) is 19.0 Å². The number of carbonyl (C=O) groups excluding carboxylic acids is 2. The van der Waals surface area contributed by atoms with Crippen molar-refractivity contribution in [2.75, 3.05) is 25.4 Å².